The van der Waals surface area contributed by atoms with E-state index in [1.807, 2.05) is 6.92 Å². The van der Waals surface area contributed by atoms with Gasteiger partial charge in [0.05, 0.1) is 11.3 Å². The number of hydrogen-bond donors (Lipinski definition) is 3. The van der Waals surface area contributed by atoms with Crippen LogP contribution in [0.5, 0.6) is 0 Å². The summed E-state index contributed by atoms with van der Waals surface area (Å²) in [5.41, 5.74) is 0.104. The molecule has 106 valence electrons. The number of carbonyl (C=O) groups excluding carboxylic acids is 1. The average Bonchev–Trinajstić information content (AvgIpc) is 2.37. The number of carbonyl (C=O) groups is 2. The Balaban J connectivity index is 2.82. The minimum atomic E-state index is -1.15. The van der Waals surface area contributed by atoms with Crippen molar-refractivity contribution < 1.29 is 14.7 Å². The minimum absolute atomic E-state index is 0.0328. The van der Waals surface area contributed by atoms with Crippen molar-refractivity contribution in [1.29, 1.82) is 0 Å². The summed E-state index contributed by atoms with van der Waals surface area (Å²) in [6.45, 7) is 1.89. The van der Waals surface area contributed by atoms with Crippen LogP contribution >= 0.6 is 11.6 Å². The third-order valence-corrected chi connectivity index (χ3v) is 2.89. The molecule has 0 radical (unpaired) electrons. The Morgan fingerprint density at radius 2 is 2.20 bits per heavy atom. The smallest absolute Gasteiger partial charge is 0.337 e. The zero-order chi connectivity index (χ0) is 15.1. The summed E-state index contributed by atoms with van der Waals surface area (Å²) >= 11 is 5.80. The van der Waals surface area contributed by atoms with Crippen LogP contribution < -0.4 is 10.6 Å². The van der Waals surface area contributed by atoms with E-state index in [-0.39, 0.29) is 17.3 Å². The summed E-state index contributed by atoms with van der Waals surface area (Å²) in [4.78, 5) is 22.9. The summed E-state index contributed by atoms with van der Waals surface area (Å²) in [6, 6.07) is 3.48. The van der Waals surface area contributed by atoms with E-state index < -0.39 is 12.0 Å². The Bertz CT molecular complexity index is 552. The van der Waals surface area contributed by atoms with Crippen LogP contribution in [0.2, 0.25) is 5.02 Å². The van der Waals surface area contributed by atoms with Crippen molar-refractivity contribution in [2.45, 2.75) is 25.8 Å². The van der Waals surface area contributed by atoms with Gasteiger partial charge in [-0.05, 0) is 24.6 Å². The lowest BCUT2D eigenvalue weighted by molar-refractivity contribution is 0.0698. The SMILES string of the molecule is C#CCC(CC)NC(=O)Nc1cc(Cl)ccc1C(=O)O. The first-order valence-electron chi connectivity index (χ1n) is 6.01. The molecular weight excluding hydrogens is 280 g/mol. The number of benzene rings is 1. The Morgan fingerprint density at radius 1 is 1.50 bits per heavy atom. The third kappa shape index (κ3) is 4.48. The highest BCUT2D eigenvalue weighted by Gasteiger charge is 2.14. The number of carboxylic acid groups (broad SMARTS) is 1. The van der Waals surface area contributed by atoms with Gasteiger partial charge >= 0.3 is 12.0 Å². The van der Waals surface area contributed by atoms with Gasteiger partial charge in [0.1, 0.15) is 0 Å². The molecule has 1 rings (SSSR count). The van der Waals surface area contributed by atoms with Gasteiger partial charge in [-0.1, -0.05) is 18.5 Å². The van der Waals surface area contributed by atoms with E-state index in [9.17, 15) is 9.59 Å². The summed E-state index contributed by atoms with van der Waals surface area (Å²) in [5, 5.41) is 14.5. The number of terminal acetylenes is 1. The zero-order valence-electron chi connectivity index (χ0n) is 10.9. The summed E-state index contributed by atoms with van der Waals surface area (Å²) in [7, 11) is 0. The molecule has 0 heterocycles. The molecule has 6 heteroatoms. The number of carboxylic acids is 1. The zero-order valence-corrected chi connectivity index (χ0v) is 11.7. The third-order valence-electron chi connectivity index (χ3n) is 2.65. The molecular formula is C14H15ClN2O3. The van der Waals surface area contributed by atoms with E-state index in [4.69, 9.17) is 23.1 Å². The van der Waals surface area contributed by atoms with Crippen LogP contribution in [0.3, 0.4) is 0 Å². The van der Waals surface area contributed by atoms with Crippen molar-refractivity contribution in [2.75, 3.05) is 5.32 Å². The molecule has 0 aliphatic heterocycles. The van der Waals surface area contributed by atoms with Crippen molar-refractivity contribution >= 4 is 29.3 Å². The quantitative estimate of drug-likeness (QED) is 0.731. The molecule has 1 aromatic rings. The van der Waals surface area contributed by atoms with Crippen LogP contribution in [0.25, 0.3) is 0 Å². The molecule has 1 aromatic carbocycles. The molecule has 3 N–H and O–H groups in total. The highest BCUT2D eigenvalue weighted by molar-refractivity contribution is 6.31. The Hall–Kier alpha value is -2.19. The molecule has 0 aliphatic carbocycles. The van der Waals surface area contributed by atoms with Crippen molar-refractivity contribution in [3.05, 3.63) is 28.8 Å². The summed E-state index contributed by atoms with van der Waals surface area (Å²) < 4.78 is 0. The minimum Gasteiger partial charge on any atom is -0.478 e. The Morgan fingerprint density at radius 3 is 2.75 bits per heavy atom. The van der Waals surface area contributed by atoms with Gasteiger partial charge in [0.25, 0.3) is 0 Å². The molecule has 0 aromatic heterocycles. The molecule has 1 unspecified atom stereocenters. The lowest BCUT2D eigenvalue weighted by Crippen LogP contribution is -2.37. The van der Waals surface area contributed by atoms with Crippen molar-refractivity contribution in [3.8, 4) is 12.3 Å². The van der Waals surface area contributed by atoms with Crippen LogP contribution in [-0.2, 0) is 0 Å². The highest BCUT2D eigenvalue weighted by atomic mass is 35.5. The van der Waals surface area contributed by atoms with Gasteiger partial charge < -0.3 is 15.7 Å². The highest BCUT2D eigenvalue weighted by Crippen LogP contribution is 2.21. The van der Waals surface area contributed by atoms with Crippen LogP contribution in [0.15, 0.2) is 18.2 Å². The maximum Gasteiger partial charge on any atom is 0.337 e. The molecule has 5 nitrogen and oxygen atoms in total. The molecule has 0 saturated carbocycles. The monoisotopic (exact) mass is 294 g/mol. The maximum atomic E-state index is 11.8. The lowest BCUT2D eigenvalue weighted by atomic mass is 10.1. The van der Waals surface area contributed by atoms with Gasteiger partial charge in [0, 0.05) is 17.5 Å². The topological polar surface area (TPSA) is 78.4 Å². The van der Waals surface area contributed by atoms with Gasteiger partial charge in [0.2, 0.25) is 0 Å². The lowest BCUT2D eigenvalue weighted by Gasteiger charge is -2.16. The second-order valence-electron chi connectivity index (χ2n) is 4.11. The number of amides is 2. The first-order chi connectivity index (χ1) is 9.47. The molecule has 0 bridgehead atoms. The van der Waals surface area contributed by atoms with Gasteiger partial charge in [-0.3, -0.25) is 0 Å². The fourth-order valence-corrected chi connectivity index (χ4v) is 1.76. The first kappa shape index (κ1) is 15.9. The van der Waals surface area contributed by atoms with Gasteiger partial charge in [-0.25, -0.2) is 9.59 Å². The molecule has 1 atom stereocenters. The van der Waals surface area contributed by atoms with E-state index in [0.717, 1.165) is 0 Å². The molecule has 0 spiro atoms. The van der Waals surface area contributed by atoms with Crippen LogP contribution in [-0.4, -0.2) is 23.1 Å². The fraction of sp³-hybridized carbons (Fsp3) is 0.286. The van der Waals surface area contributed by atoms with Crippen LogP contribution in [0.1, 0.15) is 30.1 Å². The second-order valence-corrected chi connectivity index (χ2v) is 4.54. The largest absolute Gasteiger partial charge is 0.478 e. The van der Waals surface area contributed by atoms with E-state index in [0.29, 0.717) is 17.9 Å². The van der Waals surface area contributed by atoms with Crippen LogP contribution in [0, 0.1) is 12.3 Å². The van der Waals surface area contributed by atoms with Gasteiger partial charge in [-0.2, -0.15) is 0 Å². The van der Waals surface area contributed by atoms with E-state index in [2.05, 4.69) is 16.6 Å². The second kappa shape index (κ2) is 7.41. The molecule has 20 heavy (non-hydrogen) atoms. The molecule has 2 amide bonds. The summed E-state index contributed by atoms with van der Waals surface area (Å²) in [5.74, 6) is 1.32. The number of aromatic carboxylic acids is 1. The van der Waals surface area contributed by atoms with Crippen LogP contribution in [0.4, 0.5) is 10.5 Å². The predicted octanol–water partition coefficient (Wildman–Crippen LogP) is 2.96. The summed E-state index contributed by atoms with van der Waals surface area (Å²) in [6.07, 6.45) is 6.29. The van der Waals surface area contributed by atoms with Crippen molar-refractivity contribution in [3.63, 3.8) is 0 Å². The molecule has 0 aliphatic rings. The standard InChI is InChI=1S/C14H15ClN2O3/c1-3-5-10(4-2)16-14(20)17-12-8-9(15)6-7-11(12)13(18)19/h1,6-8,10H,4-5H2,2H3,(H,18,19)(H2,16,17,20). The number of hydrogen-bond acceptors (Lipinski definition) is 2. The van der Waals surface area contributed by atoms with E-state index in [1.165, 1.54) is 18.2 Å². The number of urea groups is 1. The number of halogens is 1. The predicted molar refractivity (Wildman–Crippen MR) is 78.1 cm³/mol. The normalized spacial score (nSPS) is 11.2. The number of anilines is 1. The first-order valence-corrected chi connectivity index (χ1v) is 6.39. The Kier molecular flexibility index (Phi) is 5.88. The number of nitrogens with one attached hydrogen (secondary N) is 2. The van der Waals surface area contributed by atoms with E-state index >= 15 is 0 Å². The van der Waals surface area contributed by atoms with Gasteiger partial charge in [0.15, 0.2) is 0 Å². The van der Waals surface area contributed by atoms with Crippen molar-refractivity contribution in [1.82, 2.24) is 5.32 Å². The average molecular weight is 295 g/mol. The maximum absolute atomic E-state index is 11.8. The number of rotatable bonds is 5. The fourth-order valence-electron chi connectivity index (χ4n) is 1.59. The van der Waals surface area contributed by atoms with E-state index in [1.54, 1.807) is 0 Å². The molecule has 0 fully saturated rings. The van der Waals surface area contributed by atoms with Crippen molar-refractivity contribution in [2.24, 2.45) is 0 Å². The molecule has 0 saturated heterocycles. The van der Waals surface area contributed by atoms with Gasteiger partial charge in [-0.15, -0.1) is 12.3 Å². The Labute approximate surface area is 122 Å².